The third-order valence-electron chi connectivity index (χ3n) is 9.46. The molecule has 3 heterocycles. The van der Waals surface area contributed by atoms with Crippen molar-refractivity contribution in [3.05, 3.63) is 76.8 Å². The van der Waals surface area contributed by atoms with E-state index < -0.39 is 5.54 Å². The number of piperidine rings is 1. The Kier molecular flexibility index (Phi) is 8.28. The molecule has 228 valence electrons. The van der Waals surface area contributed by atoms with Crippen molar-refractivity contribution in [2.45, 2.75) is 44.7 Å². The minimum atomic E-state index is -0.872. The molecule has 3 aliphatic heterocycles. The summed E-state index contributed by atoms with van der Waals surface area (Å²) in [7, 11) is 3.79. The van der Waals surface area contributed by atoms with Crippen LogP contribution in [0.3, 0.4) is 0 Å². The maximum atomic E-state index is 14.2. The van der Waals surface area contributed by atoms with E-state index >= 15 is 0 Å². The fraction of sp³-hybridized carbons (Fsp3) is 0.400. The highest BCUT2D eigenvalue weighted by Gasteiger charge is 2.58. The summed E-state index contributed by atoms with van der Waals surface area (Å²) >= 11 is 6.83. The molecular formula is C35H39ClN6O2. The largest absolute Gasteiger partial charge is 0.376 e. The molecule has 44 heavy (non-hydrogen) atoms. The molecule has 3 saturated heterocycles. The van der Waals surface area contributed by atoms with Crippen LogP contribution in [0, 0.1) is 11.3 Å². The molecule has 0 radical (unpaired) electrons. The molecule has 8 nitrogen and oxygen atoms in total. The second kappa shape index (κ2) is 12.1. The number of nitrogens with zero attached hydrogens (tertiary/aromatic N) is 6. The molecule has 3 aliphatic rings. The monoisotopic (exact) mass is 610 g/mol. The topological polar surface area (TPSA) is 74.1 Å². The van der Waals surface area contributed by atoms with Crippen LogP contribution in [0.2, 0.25) is 5.02 Å². The van der Waals surface area contributed by atoms with Crippen molar-refractivity contribution in [2.75, 3.05) is 61.5 Å². The van der Waals surface area contributed by atoms with Crippen molar-refractivity contribution in [3.63, 3.8) is 0 Å². The number of anilines is 3. The van der Waals surface area contributed by atoms with E-state index in [-0.39, 0.29) is 11.9 Å². The summed E-state index contributed by atoms with van der Waals surface area (Å²) in [6, 6.07) is 21.8. The normalized spacial score (nSPS) is 18.4. The predicted molar refractivity (Wildman–Crippen MR) is 176 cm³/mol. The Hall–Kier alpha value is -4.06. The Morgan fingerprint density at radius 1 is 0.955 bits per heavy atom. The lowest BCUT2D eigenvalue weighted by Crippen LogP contribution is -2.56. The van der Waals surface area contributed by atoms with Gasteiger partial charge < -0.3 is 14.7 Å². The van der Waals surface area contributed by atoms with Crippen LogP contribution in [0.15, 0.2) is 60.7 Å². The summed E-state index contributed by atoms with van der Waals surface area (Å²) in [5.74, 6) is -0.200. The maximum absolute atomic E-state index is 14.2. The summed E-state index contributed by atoms with van der Waals surface area (Å²) in [5.41, 5.74) is 5.08. The number of likely N-dealkylation sites (N-methyl/N-ethyl adjacent to an activating group) is 1. The standard InChI is InChI=1S/C35H39ClN6O2/c1-4-41-34(44)42(31-15-12-26(22-30(31)36)29-9-7-8-27(23-37)32(29)38(2)3)33(43)35(41)16-20-39(21-17-35)24-25-10-13-28(14-11-25)40-18-5-6-19-40/h7-15,22H,4-6,16-21,24H2,1-3H3. The number of amides is 3. The average Bonchev–Trinajstić information content (AvgIpc) is 3.64. The van der Waals surface area contributed by atoms with Gasteiger partial charge in [-0.25, -0.2) is 9.69 Å². The zero-order valence-corrected chi connectivity index (χ0v) is 26.5. The fourth-order valence-corrected chi connectivity index (χ4v) is 7.44. The van der Waals surface area contributed by atoms with Gasteiger partial charge in [-0.3, -0.25) is 9.69 Å². The molecule has 0 N–H and O–H groups in total. The Labute approximate surface area is 265 Å². The van der Waals surface area contributed by atoms with Gasteiger partial charge in [0.25, 0.3) is 5.91 Å². The Bertz CT molecular complexity index is 1600. The van der Waals surface area contributed by atoms with Gasteiger partial charge in [-0.05, 0) is 74.1 Å². The smallest absolute Gasteiger partial charge is 0.332 e. The van der Waals surface area contributed by atoms with E-state index in [0.717, 1.165) is 49.5 Å². The number of hydrogen-bond acceptors (Lipinski definition) is 6. The average molecular weight is 611 g/mol. The molecule has 0 saturated carbocycles. The van der Waals surface area contributed by atoms with E-state index in [1.54, 1.807) is 23.1 Å². The molecule has 9 heteroatoms. The van der Waals surface area contributed by atoms with Crippen LogP contribution >= 0.6 is 11.6 Å². The van der Waals surface area contributed by atoms with Gasteiger partial charge >= 0.3 is 6.03 Å². The van der Waals surface area contributed by atoms with Gasteiger partial charge in [0.2, 0.25) is 0 Å². The molecule has 3 fully saturated rings. The van der Waals surface area contributed by atoms with Crippen LogP contribution in [0.5, 0.6) is 0 Å². The number of halogens is 1. The summed E-state index contributed by atoms with van der Waals surface area (Å²) < 4.78 is 0. The summed E-state index contributed by atoms with van der Waals surface area (Å²) in [5, 5.41) is 9.97. The van der Waals surface area contributed by atoms with Gasteiger partial charge in [-0.2, -0.15) is 5.26 Å². The minimum Gasteiger partial charge on any atom is -0.376 e. The third kappa shape index (κ3) is 5.18. The highest BCUT2D eigenvalue weighted by molar-refractivity contribution is 6.36. The third-order valence-corrected chi connectivity index (χ3v) is 9.76. The van der Waals surface area contributed by atoms with Gasteiger partial charge in [0.15, 0.2) is 0 Å². The van der Waals surface area contributed by atoms with Gasteiger partial charge in [0.1, 0.15) is 11.6 Å². The van der Waals surface area contributed by atoms with E-state index in [4.69, 9.17) is 11.6 Å². The highest BCUT2D eigenvalue weighted by Crippen LogP contribution is 2.43. The number of hydrogen-bond donors (Lipinski definition) is 0. The predicted octanol–water partition coefficient (Wildman–Crippen LogP) is 6.37. The number of para-hydroxylation sites is 1. The van der Waals surface area contributed by atoms with E-state index in [1.807, 2.05) is 44.1 Å². The number of urea groups is 1. The van der Waals surface area contributed by atoms with Crippen LogP contribution in [-0.4, -0.2) is 74.1 Å². The minimum absolute atomic E-state index is 0.200. The second-order valence-corrected chi connectivity index (χ2v) is 12.6. The molecule has 3 aromatic rings. The molecule has 0 aromatic heterocycles. The first-order valence-corrected chi connectivity index (χ1v) is 15.9. The number of carbonyl (C=O) groups is 2. The lowest BCUT2D eigenvalue weighted by molar-refractivity contribution is -0.127. The van der Waals surface area contributed by atoms with Crippen molar-refractivity contribution >= 4 is 40.6 Å². The zero-order chi connectivity index (χ0) is 31.0. The first kappa shape index (κ1) is 30.0. The van der Waals surface area contributed by atoms with Crippen molar-refractivity contribution < 1.29 is 9.59 Å². The van der Waals surface area contributed by atoms with E-state index in [2.05, 4.69) is 40.1 Å². The maximum Gasteiger partial charge on any atom is 0.332 e. The molecular weight excluding hydrogens is 572 g/mol. The molecule has 0 unspecified atom stereocenters. The highest BCUT2D eigenvalue weighted by atomic mass is 35.5. The lowest BCUT2D eigenvalue weighted by atomic mass is 9.85. The number of benzene rings is 3. The molecule has 3 amide bonds. The van der Waals surface area contributed by atoms with Crippen LogP contribution in [-0.2, 0) is 11.3 Å². The van der Waals surface area contributed by atoms with Crippen molar-refractivity contribution in [1.29, 1.82) is 5.26 Å². The van der Waals surface area contributed by atoms with Gasteiger partial charge in [-0.1, -0.05) is 41.9 Å². The van der Waals surface area contributed by atoms with Crippen LogP contribution in [0.25, 0.3) is 11.1 Å². The van der Waals surface area contributed by atoms with Gasteiger partial charge in [-0.15, -0.1) is 0 Å². The first-order chi connectivity index (χ1) is 21.3. The number of carbonyl (C=O) groups excluding carboxylic acids is 2. The molecule has 0 aliphatic carbocycles. The van der Waals surface area contributed by atoms with Gasteiger partial charge in [0, 0.05) is 64.6 Å². The van der Waals surface area contributed by atoms with Crippen molar-refractivity contribution in [2.24, 2.45) is 0 Å². The van der Waals surface area contributed by atoms with E-state index in [1.165, 1.54) is 29.0 Å². The number of likely N-dealkylation sites (tertiary alicyclic amines) is 1. The number of nitriles is 1. The van der Waals surface area contributed by atoms with Crippen molar-refractivity contribution in [3.8, 4) is 17.2 Å². The zero-order valence-electron chi connectivity index (χ0n) is 25.7. The van der Waals surface area contributed by atoms with Crippen molar-refractivity contribution in [1.82, 2.24) is 9.80 Å². The second-order valence-electron chi connectivity index (χ2n) is 12.2. The summed E-state index contributed by atoms with van der Waals surface area (Å²) in [6.07, 6.45) is 3.68. The summed E-state index contributed by atoms with van der Waals surface area (Å²) in [6.45, 7) is 6.92. The SMILES string of the molecule is CCN1C(=O)N(c2ccc(-c3cccc(C#N)c3N(C)C)cc2Cl)C(=O)C12CCN(Cc1ccc(N3CCCC3)cc1)CC2. The first-order valence-electron chi connectivity index (χ1n) is 15.5. The van der Waals surface area contributed by atoms with Gasteiger partial charge in [0.05, 0.1) is 22.0 Å². The molecule has 6 rings (SSSR count). The molecule has 3 aromatic carbocycles. The Balaban J connectivity index is 1.20. The molecule has 1 spiro atoms. The van der Waals surface area contributed by atoms with Crippen LogP contribution < -0.4 is 14.7 Å². The quantitative estimate of drug-likeness (QED) is 0.290. The lowest BCUT2D eigenvalue weighted by Gasteiger charge is -2.42. The number of imide groups is 1. The molecule has 0 atom stereocenters. The Morgan fingerprint density at radius 2 is 1.66 bits per heavy atom. The molecule has 0 bridgehead atoms. The van der Waals surface area contributed by atoms with E-state index in [9.17, 15) is 14.9 Å². The van der Waals surface area contributed by atoms with Crippen LogP contribution in [0.1, 0.15) is 43.7 Å². The van der Waals surface area contributed by atoms with Crippen LogP contribution in [0.4, 0.5) is 21.9 Å². The fourth-order valence-electron chi connectivity index (χ4n) is 7.18. The number of rotatable bonds is 7. The van der Waals surface area contributed by atoms with E-state index in [0.29, 0.717) is 35.7 Å². The summed E-state index contributed by atoms with van der Waals surface area (Å²) in [4.78, 5) is 37.7. The Morgan fingerprint density at radius 3 is 2.27 bits per heavy atom.